The third-order valence-corrected chi connectivity index (χ3v) is 7.89. The molecule has 0 bridgehead atoms. The Labute approximate surface area is 210 Å². The van der Waals surface area contributed by atoms with Crippen LogP contribution in [0.4, 0.5) is 22.0 Å². The maximum atomic E-state index is 15.4. The highest BCUT2D eigenvalue weighted by Gasteiger charge is 2.36. The molecule has 3 aromatic carbocycles. The van der Waals surface area contributed by atoms with E-state index in [1.165, 1.54) is 12.1 Å². The van der Waals surface area contributed by atoms with Crippen LogP contribution in [0.15, 0.2) is 48.5 Å². The molecule has 4 rings (SSSR count). The summed E-state index contributed by atoms with van der Waals surface area (Å²) >= 11 is 0. The summed E-state index contributed by atoms with van der Waals surface area (Å²) in [6.45, 7) is 3.79. The van der Waals surface area contributed by atoms with E-state index in [1.54, 1.807) is 31.2 Å². The van der Waals surface area contributed by atoms with E-state index < -0.39 is 51.7 Å². The highest BCUT2D eigenvalue weighted by molar-refractivity contribution is 5.72. The van der Waals surface area contributed by atoms with Gasteiger partial charge in [0, 0.05) is 11.1 Å². The van der Waals surface area contributed by atoms with Gasteiger partial charge in [0.1, 0.15) is 5.82 Å². The first-order chi connectivity index (χ1) is 17.3. The topological polar surface area (TPSA) is 0 Å². The van der Waals surface area contributed by atoms with Crippen molar-refractivity contribution in [3.05, 3.63) is 83.2 Å². The van der Waals surface area contributed by atoms with Crippen molar-refractivity contribution in [2.75, 3.05) is 0 Å². The average Bonchev–Trinajstić information content (AvgIpc) is 2.89. The van der Waals surface area contributed by atoms with Gasteiger partial charge in [0.2, 0.25) is 0 Å². The number of benzene rings is 3. The van der Waals surface area contributed by atoms with Crippen LogP contribution >= 0.6 is 0 Å². The standard InChI is InChI=1S/C31H33F5/c1-3-4-6-13-21-14-9-10-15-23(21)19(2)26-28(33)30(35)27(31(36)29(26)34)24-17-16-22(18-25(24)32)20-11-7-5-8-12-20/h5,7-8,11-12,16-19,21,23H,3-4,6,9-10,13-15H2,1-2H3. The van der Waals surface area contributed by atoms with Gasteiger partial charge in [-0.1, -0.05) is 101 Å². The van der Waals surface area contributed by atoms with Crippen molar-refractivity contribution in [1.82, 2.24) is 0 Å². The van der Waals surface area contributed by atoms with Crippen molar-refractivity contribution in [3.8, 4) is 22.3 Å². The molecule has 0 aromatic heterocycles. The van der Waals surface area contributed by atoms with Crippen molar-refractivity contribution >= 4 is 0 Å². The molecule has 1 saturated carbocycles. The second kappa shape index (κ2) is 11.6. The molecule has 0 spiro atoms. The van der Waals surface area contributed by atoms with Crippen LogP contribution in [0, 0.1) is 40.9 Å². The van der Waals surface area contributed by atoms with Crippen LogP contribution in [-0.4, -0.2) is 0 Å². The molecule has 3 unspecified atom stereocenters. The lowest BCUT2D eigenvalue weighted by Crippen LogP contribution is -2.26. The molecule has 36 heavy (non-hydrogen) atoms. The Balaban J connectivity index is 1.70. The molecule has 0 aliphatic heterocycles. The van der Waals surface area contributed by atoms with Gasteiger partial charge >= 0.3 is 0 Å². The first kappa shape index (κ1) is 26.4. The Morgan fingerprint density at radius 3 is 2.08 bits per heavy atom. The van der Waals surface area contributed by atoms with Gasteiger partial charge in [-0.3, -0.25) is 0 Å². The van der Waals surface area contributed by atoms with Crippen molar-refractivity contribution < 1.29 is 22.0 Å². The molecule has 5 heteroatoms. The molecular formula is C31H33F5. The highest BCUT2D eigenvalue weighted by Crippen LogP contribution is 2.45. The van der Waals surface area contributed by atoms with Gasteiger partial charge in [0.05, 0.1) is 5.56 Å². The summed E-state index contributed by atoms with van der Waals surface area (Å²) < 4.78 is 76.4. The minimum Gasteiger partial charge on any atom is -0.206 e. The lowest BCUT2D eigenvalue weighted by molar-refractivity contribution is 0.186. The number of unbranched alkanes of at least 4 members (excludes halogenated alkanes) is 2. The molecule has 1 aliphatic rings. The molecule has 0 saturated heterocycles. The number of hydrogen-bond donors (Lipinski definition) is 0. The first-order valence-electron chi connectivity index (χ1n) is 13.1. The van der Waals surface area contributed by atoms with Crippen LogP contribution in [-0.2, 0) is 0 Å². The lowest BCUT2D eigenvalue weighted by Gasteiger charge is -2.36. The molecule has 1 fully saturated rings. The fourth-order valence-electron chi connectivity index (χ4n) is 5.94. The molecule has 0 nitrogen and oxygen atoms in total. The van der Waals surface area contributed by atoms with E-state index in [2.05, 4.69) is 6.92 Å². The minimum absolute atomic E-state index is 0.0499. The molecule has 1 aliphatic carbocycles. The van der Waals surface area contributed by atoms with E-state index in [9.17, 15) is 0 Å². The number of hydrogen-bond acceptors (Lipinski definition) is 0. The van der Waals surface area contributed by atoms with Gasteiger partial charge in [0.15, 0.2) is 23.3 Å². The predicted octanol–water partition coefficient (Wildman–Crippen LogP) is 10.2. The van der Waals surface area contributed by atoms with Gasteiger partial charge in [-0.05, 0) is 41.4 Å². The maximum absolute atomic E-state index is 15.4. The van der Waals surface area contributed by atoms with Crippen molar-refractivity contribution in [3.63, 3.8) is 0 Å². The van der Waals surface area contributed by atoms with Crippen molar-refractivity contribution in [1.29, 1.82) is 0 Å². The zero-order valence-corrected chi connectivity index (χ0v) is 20.9. The van der Waals surface area contributed by atoms with Crippen LogP contribution in [0.3, 0.4) is 0 Å². The largest absolute Gasteiger partial charge is 0.206 e. The zero-order valence-electron chi connectivity index (χ0n) is 20.9. The normalized spacial score (nSPS) is 18.9. The van der Waals surface area contributed by atoms with Gasteiger partial charge in [-0.15, -0.1) is 0 Å². The Hall–Kier alpha value is -2.69. The lowest BCUT2D eigenvalue weighted by atomic mass is 9.69. The Kier molecular flexibility index (Phi) is 8.48. The predicted molar refractivity (Wildman–Crippen MR) is 135 cm³/mol. The number of halogens is 5. The summed E-state index contributed by atoms with van der Waals surface area (Å²) in [6.07, 6.45) is 7.89. The highest BCUT2D eigenvalue weighted by atomic mass is 19.2. The van der Waals surface area contributed by atoms with E-state index in [0.29, 0.717) is 11.1 Å². The quantitative estimate of drug-likeness (QED) is 0.164. The van der Waals surface area contributed by atoms with Crippen molar-refractivity contribution in [2.24, 2.45) is 11.8 Å². The fourth-order valence-corrected chi connectivity index (χ4v) is 5.94. The Morgan fingerprint density at radius 1 is 0.778 bits per heavy atom. The summed E-state index contributed by atoms with van der Waals surface area (Å²) in [6, 6.07) is 12.7. The summed E-state index contributed by atoms with van der Waals surface area (Å²) in [5.74, 6) is -7.32. The van der Waals surface area contributed by atoms with E-state index in [-0.39, 0.29) is 11.8 Å². The molecule has 0 N–H and O–H groups in total. The van der Waals surface area contributed by atoms with E-state index >= 15 is 22.0 Å². The fraction of sp³-hybridized carbons (Fsp3) is 0.419. The summed E-state index contributed by atoms with van der Waals surface area (Å²) in [5, 5.41) is 0. The molecular weight excluding hydrogens is 467 g/mol. The third-order valence-electron chi connectivity index (χ3n) is 7.89. The van der Waals surface area contributed by atoms with Gasteiger partial charge in [-0.25, -0.2) is 22.0 Å². The minimum atomic E-state index is -1.54. The Morgan fingerprint density at radius 2 is 1.44 bits per heavy atom. The van der Waals surface area contributed by atoms with E-state index in [0.717, 1.165) is 57.4 Å². The van der Waals surface area contributed by atoms with Crippen LogP contribution in [0.25, 0.3) is 22.3 Å². The third kappa shape index (κ3) is 5.21. The average molecular weight is 501 g/mol. The second-order valence-electron chi connectivity index (χ2n) is 10.1. The summed E-state index contributed by atoms with van der Waals surface area (Å²) in [7, 11) is 0. The maximum Gasteiger partial charge on any atom is 0.170 e. The molecule has 3 aromatic rings. The van der Waals surface area contributed by atoms with Crippen LogP contribution in [0.5, 0.6) is 0 Å². The molecule has 192 valence electrons. The van der Waals surface area contributed by atoms with Crippen LogP contribution < -0.4 is 0 Å². The monoisotopic (exact) mass is 500 g/mol. The van der Waals surface area contributed by atoms with Crippen molar-refractivity contribution in [2.45, 2.75) is 71.1 Å². The molecule has 0 heterocycles. The SMILES string of the molecule is CCCCCC1CCCCC1C(C)c1c(F)c(F)c(-c2ccc(-c3ccccc3)cc2F)c(F)c1F. The van der Waals surface area contributed by atoms with Crippen LogP contribution in [0.1, 0.15) is 76.7 Å². The van der Waals surface area contributed by atoms with Crippen LogP contribution in [0.2, 0.25) is 0 Å². The smallest absolute Gasteiger partial charge is 0.170 e. The second-order valence-corrected chi connectivity index (χ2v) is 10.1. The number of rotatable bonds is 8. The zero-order chi connectivity index (χ0) is 25.8. The van der Waals surface area contributed by atoms with Gasteiger partial charge in [-0.2, -0.15) is 0 Å². The molecule has 0 amide bonds. The van der Waals surface area contributed by atoms with E-state index in [1.807, 2.05) is 6.07 Å². The van der Waals surface area contributed by atoms with E-state index in [4.69, 9.17) is 0 Å². The summed E-state index contributed by atoms with van der Waals surface area (Å²) in [5.41, 5.74) is -0.845. The molecule has 0 radical (unpaired) electrons. The summed E-state index contributed by atoms with van der Waals surface area (Å²) in [4.78, 5) is 0. The van der Waals surface area contributed by atoms with Gasteiger partial charge < -0.3 is 0 Å². The van der Waals surface area contributed by atoms with Gasteiger partial charge in [0.25, 0.3) is 0 Å². The molecule has 3 atom stereocenters. The first-order valence-corrected chi connectivity index (χ1v) is 13.1. The Bertz CT molecular complexity index is 1160.